The third kappa shape index (κ3) is 5.32. The average Bonchev–Trinajstić information content (AvgIpc) is 3.10. The number of ether oxygens (including phenoxy) is 1. The number of aromatic nitrogens is 2. The fourth-order valence-corrected chi connectivity index (χ4v) is 3.73. The van der Waals surface area contributed by atoms with Gasteiger partial charge in [-0.1, -0.05) is 31.9 Å². The van der Waals surface area contributed by atoms with Crippen molar-refractivity contribution >= 4 is 6.03 Å². The van der Waals surface area contributed by atoms with Crippen LogP contribution in [0.15, 0.2) is 36.7 Å². The Morgan fingerprint density at radius 1 is 1.39 bits per heavy atom. The number of benzene rings is 1. The Labute approximate surface area is 165 Å². The molecular weight excluding hydrogens is 359 g/mol. The molecule has 152 valence electrons. The van der Waals surface area contributed by atoms with Crippen molar-refractivity contribution in [2.24, 2.45) is 13.0 Å². The summed E-state index contributed by atoms with van der Waals surface area (Å²) in [6.07, 6.45) is 8.51. The van der Waals surface area contributed by atoms with Crippen LogP contribution in [0.4, 0.5) is 9.18 Å². The molecule has 2 N–H and O–H groups in total. The summed E-state index contributed by atoms with van der Waals surface area (Å²) in [5.74, 6) is 0.852. The van der Waals surface area contributed by atoms with Gasteiger partial charge >= 0.3 is 6.03 Å². The van der Waals surface area contributed by atoms with Crippen molar-refractivity contribution in [1.29, 1.82) is 0 Å². The van der Waals surface area contributed by atoms with Crippen LogP contribution < -0.4 is 10.6 Å². The molecule has 1 fully saturated rings. The molecule has 1 heterocycles. The van der Waals surface area contributed by atoms with Crippen LogP contribution in [0.3, 0.4) is 0 Å². The second kappa shape index (κ2) is 9.68. The predicted molar refractivity (Wildman–Crippen MR) is 105 cm³/mol. The summed E-state index contributed by atoms with van der Waals surface area (Å²) < 4.78 is 21.4. The lowest BCUT2D eigenvalue weighted by molar-refractivity contribution is -0.00244. The summed E-state index contributed by atoms with van der Waals surface area (Å²) in [5, 5.41) is 5.72. The molecule has 0 spiro atoms. The lowest BCUT2D eigenvalue weighted by Gasteiger charge is -2.28. The van der Waals surface area contributed by atoms with Gasteiger partial charge in [0, 0.05) is 26.0 Å². The van der Waals surface area contributed by atoms with Crippen molar-refractivity contribution in [2.75, 3.05) is 13.2 Å². The summed E-state index contributed by atoms with van der Waals surface area (Å²) >= 11 is 0. The Morgan fingerprint density at radius 2 is 2.21 bits per heavy atom. The predicted octanol–water partition coefficient (Wildman–Crippen LogP) is 3.54. The van der Waals surface area contributed by atoms with E-state index in [2.05, 4.69) is 22.5 Å². The monoisotopic (exact) mass is 388 g/mol. The number of aryl methyl sites for hydroxylation is 1. The van der Waals surface area contributed by atoms with Crippen LogP contribution in [0.2, 0.25) is 0 Å². The molecule has 0 bridgehead atoms. The SMILES string of the molecule is CC1CCCCC1OCCNC(=O)NC(c1cccc(F)c1)c1nccn1C. The molecule has 28 heavy (non-hydrogen) atoms. The van der Waals surface area contributed by atoms with E-state index in [-0.39, 0.29) is 18.0 Å². The van der Waals surface area contributed by atoms with Crippen molar-refractivity contribution in [3.8, 4) is 0 Å². The first kappa shape index (κ1) is 20.3. The second-order valence-electron chi connectivity index (χ2n) is 7.46. The molecule has 2 aromatic rings. The zero-order chi connectivity index (χ0) is 19.9. The lowest BCUT2D eigenvalue weighted by atomic mass is 9.88. The number of halogens is 1. The summed E-state index contributed by atoms with van der Waals surface area (Å²) in [4.78, 5) is 16.7. The maximum atomic E-state index is 13.7. The van der Waals surface area contributed by atoms with Crippen LogP contribution >= 0.6 is 0 Å². The molecule has 0 radical (unpaired) electrons. The number of nitrogens with one attached hydrogen (secondary N) is 2. The van der Waals surface area contributed by atoms with E-state index in [1.165, 1.54) is 31.4 Å². The van der Waals surface area contributed by atoms with Crippen LogP contribution in [-0.2, 0) is 11.8 Å². The number of hydrogen-bond acceptors (Lipinski definition) is 3. The van der Waals surface area contributed by atoms with Crippen LogP contribution in [0.5, 0.6) is 0 Å². The number of rotatable bonds is 7. The minimum atomic E-state index is -0.546. The van der Waals surface area contributed by atoms with Gasteiger partial charge in [0.1, 0.15) is 17.7 Å². The standard InChI is InChI=1S/C21H29FN4O2/c1-15-6-3-4-9-18(15)28-13-11-24-21(27)25-19(20-23-10-12-26(20)2)16-7-5-8-17(22)14-16/h5,7-8,10,12,14-15,18-19H,3-4,6,9,11,13H2,1-2H3,(H2,24,25,27). The Morgan fingerprint density at radius 3 is 2.93 bits per heavy atom. The van der Waals surface area contributed by atoms with Crippen LogP contribution in [0.25, 0.3) is 0 Å². The van der Waals surface area contributed by atoms with Crippen LogP contribution in [0.1, 0.15) is 50.0 Å². The number of carbonyl (C=O) groups excluding carboxylic acids is 1. The second-order valence-corrected chi connectivity index (χ2v) is 7.46. The minimum absolute atomic E-state index is 0.284. The highest BCUT2D eigenvalue weighted by atomic mass is 19.1. The van der Waals surface area contributed by atoms with Gasteiger partial charge in [-0.05, 0) is 36.5 Å². The quantitative estimate of drug-likeness (QED) is 0.713. The summed E-state index contributed by atoms with van der Waals surface area (Å²) in [6, 6.07) is 5.30. The normalized spacial score (nSPS) is 20.5. The van der Waals surface area contributed by atoms with Crippen LogP contribution in [-0.4, -0.2) is 34.8 Å². The molecule has 3 unspecified atom stereocenters. The van der Waals surface area contributed by atoms with E-state index in [0.29, 0.717) is 30.5 Å². The number of imidazole rings is 1. The molecule has 1 aliphatic carbocycles. The molecule has 1 aliphatic rings. The summed E-state index contributed by atoms with van der Waals surface area (Å²) in [7, 11) is 1.84. The molecule has 2 amide bonds. The fourth-order valence-electron chi connectivity index (χ4n) is 3.73. The van der Waals surface area contributed by atoms with E-state index in [1.54, 1.807) is 24.5 Å². The largest absolute Gasteiger partial charge is 0.376 e. The first-order valence-corrected chi connectivity index (χ1v) is 9.93. The van der Waals surface area contributed by atoms with Gasteiger partial charge in [0.15, 0.2) is 0 Å². The Balaban J connectivity index is 1.55. The van der Waals surface area contributed by atoms with Crippen molar-refractivity contribution in [3.05, 3.63) is 53.9 Å². The van der Waals surface area contributed by atoms with Gasteiger partial charge in [0.2, 0.25) is 0 Å². The zero-order valence-electron chi connectivity index (χ0n) is 16.5. The fraction of sp³-hybridized carbons (Fsp3) is 0.524. The van der Waals surface area contributed by atoms with Gasteiger partial charge < -0.3 is 19.9 Å². The number of carbonyl (C=O) groups is 1. The minimum Gasteiger partial charge on any atom is -0.376 e. The third-order valence-corrected chi connectivity index (χ3v) is 5.33. The number of nitrogens with zero attached hydrogens (tertiary/aromatic N) is 2. The van der Waals surface area contributed by atoms with Crippen molar-refractivity contribution < 1.29 is 13.9 Å². The van der Waals surface area contributed by atoms with Gasteiger partial charge in [0.05, 0.1) is 12.7 Å². The Kier molecular flexibility index (Phi) is 7.03. The molecule has 7 heteroatoms. The summed E-state index contributed by atoms with van der Waals surface area (Å²) in [5.41, 5.74) is 0.636. The molecular formula is C21H29FN4O2. The van der Waals surface area contributed by atoms with Gasteiger partial charge in [-0.15, -0.1) is 0 Å². The van der Waals surface area contributed by atoms with Crippen LogP contribution in [0, 0.1) is 11.7 Å². The highest BCUT2D eigenvalue weighted by Gasteiger charge is 2.23. The first-order chi connectivity index (χ1) is 13.5. The Bertz CT molecular complexity index is 779. The van der Waals surface area contributed by atoms with Crippen molar-refractivity contribution in [1.82, 2.24) is 20.2 Å². The maximum Gasteiger partial charge on any atom is 0.315 e. The van der Waals surface area contributed by atoms with Gasteiger partial charge in [-0.2, -0.15) is 0 Å². The molecule has 1 aromatic carbocycles. The van der Waals surface area contributed by atoms with E-state index in [9.17, 15) is 9.18 Å². The highest BCUT2D eigenvalue weighted by Crippen LogP contribution is 2.26. The van der Waals surface area contributed by atoms with E-state index >= 15 is 0 Å². The van der Waals surface area contributed by atoms with E-state index < -0.39 is 6.04 Å². The smallest absolute Gasteiger partial charge is 0.315 e. The third-order valence-electron chi connectivity index (χ3n) is 5.33. The molecule has 1 aromatic heterocycles. The molecule has 3 rings (SSSR count). The van der Waals surface area contributed by atoms with E-state index in [0.717, 1.165) is 6.42 Å². The number of amides is 2. The zero-order valence-corrected chi connectivity index (χ0v) is 16.5. The Hall–Kier alpha value is -2.41. The number of urea groups is 1. The summed E-state index contributed by atoms with van der Waals surface area (Å²) in [6.45, 7) is 3.13. The highest BCUT2D eigenvalue weighted by molar-refractivity contribution is 5.74. The van der Waals surface area contributed by atoms with Gasteiger partial charge in [-0.25, -0.2) is 14.2 Å². The first-order valence-electron chi connectivity index (χ1n) is 9.93. The molecule has 3 atom stereocenters. The van der Waals surface area contributed by atoms with Crippen molar-refractivity contribution in [3.63, 3.8) is 0 Å². The molecule has 0 aliphatic heterocycles. The van der Waals surface area contributed by atoms with Gasteiger partial charge in [0.25, 0.3) is 0 Å². The maximum absolute atomic E-state index is 13.7. The molecule has 6 nitrogen and oxygen atoms in total. The molecule has 1 saturated carbocycles. The topological polar surface area (TPSA) is 68.2 Å². The number of hydrogen-bond donors (Lipinski definition) is 2. The van der Waals surface area contributed by atoms with Gasteiger partial charge in [-0.3, -0.25) is 0 Å². The average molecular weight is 388 g/mol. The van der Waals surface area contributed by atoms with E-state index in [1.807, 2.05) is 11.6 Å². The van der Waals surface area contributed by atoms with E-state index in [4.69, 9.17) is 4.74 Å². The van der Waals surface area contributed by atoms with Crippen molar-refractivity contribution in [2.45, 2.75) is 44.8 Å². The molecule has 0 saturated heterocycles. The lowest BCUT2D eigenvalue weighted by Crippen LogP contribution is -2.41.